The maximum absolute atomic E-state index is 12.7. The fourth-order valence-electron chi connectivity index (χ4n) is 4.36. The van der Waals surface area contributed by atoms with Crippen LogP contribution in [0.1, 0.15) is 113 Å². The highest BCUT2D eigenvalue weighted by atomic mass is 16.2. The average Bonchev–Trinajstić information content (AvgIpc) is 2.88. The normalized spacial score (nSPS) is 14.1. The van der Waals surface area contributed by atoms with Crippen molar-refractivity contribution in [3.8, 4) is 0 Å². The Bertz CT molecular complexity index is 857. The van der Waals surface area contributed by atoms with Crippen molar-refractivity contribution in [2.45, 2.75) is 119 Å². The van der Waals surface area contributed by atoms with E-state index in [2.05, 4.69) is 55.4 Å². The van der Waals surface area contributed by atoms with Crippen LogP contribution >= 0.6 is 0 Å². The highest BCUT2D eigenvalue weighted by Crippen LogP contribution is 2.20. The van der Waals surface area contributed by atoms with Crippen LogP contribution < -0.4 is 0 Å². The summed E-state index contributed by atoms with van der Waals surface area (Å²) < 4.78 is 0. The van der Waals surface area contributed by atoms with Crippen molar-refractivity contribution in [1.29, 1.82) is 0 Å². The van der Waals surface area contributed by atoms with Gasteiger partial charge < -0.3 is 9.80 Å². The zero-order valence-corrected chi connectivity index (χ0v) is 24.5. The molecule has 2 rings (SSSR count). The standard InChI is InChI=1S/2C16H25NO/c2*1-6-13(4)17(14(5)7-2)16(18)15-11-9-8-10-12(15)3/h2*8-11,13-14H,6-7H2,1-5H3. The van der Waals surface area contributed by atoms with E-state index in [-0.39, 0.29) is 36.0 Å². The van der Waals surface area contributed by atoms with Crippen molar-refractivity contribution < 1.29 is 9.59 Å². The van der Waals surface area contributed by atoms with Crippen molar-refractivity contribution in [3.05, 3.63) is 70.8 Å². The second-order valence-electron chi connectivity index (χ2n) is 10.1. The zero-order chi connectivity index (χ0) is 27.4. The van der Waals surface area contributed by atoms with Gasteiger partial charge in [-0.05, 0) is 90.5 Å². The SMILES string of the molecule is CCC(C)N(C(=O)c1ccccc1C)C(C)CC.CCC(C)N(C(=O)c1ccccc1C)C(C)CC. The van der Waals surface area contributed by atoms with Gasteiger partial charge in [-0.15, -0.1) is 0 Å². The van der Waals surface area contributed by atoms with Crippen LogP contribution in [0.2, 0.25) is 0 Å². The Labute approximate surface area is 221 Å². The van der Waals surface area contributed by atoms with E-state index in [1.54, 1.807) is 0 Å². The Hall–Kier alpha value is -2.62. The van der Waals surface area contributed by atoms with Crippen molar-refractivity contribution in [1.82, 2.24) is 9.80 Å². The van der Waals surface area contributed by atoms with Crippen LogP contribution in [0.25, 0.3) is 0 Å². The molecule has 0 spiro atoms. The smallest absolute Gasteiger partial charge is 0.254 e. The molecule has 4 heteroatoms. The second-order valence-corrected chi connectivity index (χ2v) is 10.1. The number of rotatable bonds is 10. The van der Waals surface area contributed by atoms with E-state index in [9.17, 15) is 9.59 Å². The first-order chi connectivity index (χ1) is 17.0. The second kappa shape index (κ2) is 15.5. The highest BCUT2D eigenvalue weighted by molar-refractivity contribution is 5.96. The topological polar surface area (TPSA) is 40.6 Å². The predicted molar refractivity (Wildman–Crippen MR) is 154 cm³/mol. The van der Waals surface area contributed by atoms with E-state index in [0.717, 1.165) is 47.9 Å². The largest absolute Gasteiger partial charge is 0.333 e. The molecule has 4 atom stereocenters. The summed E-state index contributed by atoms with van der Waals surface area (Å²) in [4.78, 5) is 29.4. The molecule has 0 saturated heterocycles. The molecule has 4 nitrogen and oxygen atoms in total. The lowest BCUT2D eigenvalue weighted by Crippen LogP contribution is -2.44. The molecule has 200 valence electrons. The van der Waals surface area contributed by atoms with Crippen molar-refractivity contribution >= 4 is 11.8 Å². The zero-order valence-electron chi connectivity index (χ0n) is 24.5. The summed E-state index contributed by atoms with van der Waals surface area (Å²) in [6.45, 7) is 21.0. The molecular formula is C32H50N2O2. The number of hydrogen-bond donors (Lipinski definition) is 0. The predicted octanol–water partition coefficient (Wildman–Crippen LogP) is 8.07. The molecule has 0 aliphatic heterocycles. The quantitative estimate of drug-likeness (QED) is 0.335. The summed E-state index contributed by atoms with van der Waals surface area (Å²) in [5, 5.41) is 0. The minimum atomic E-state index is 0.164. The molecule has 2 aromatic carbocycles. The Balaban J connectivity index is 0.000000360. The van der Waals surface area contributed by atoms with E-state index < -0.39 is 0 Å². The summed E-state index contributed by atoms with van der Waals surface area (Å²) in [5.41, 5.74) is 3.77. The Morgan fingerprint density at radius 2 is 0.806 bits per heavy atom. The van der Waals surface area contributed by atoms with Crippen molar-refractivity contribution in [3.63, 3.8) is 0 Å². The molecule has 0 heterocycles. The van der Waals surface area contributed by atoms with Gasteiger partial charge in [-0.25, -0.2) is 0 Å². The maximum atomic E-state index is 12.7. The minimum Gasteiger partial charge on any atom is -0.333 e. The van der Waals surface area contributed by atoms with Crippen molar-refractivity contribution in [2.75, 3.05) is 0 Å². The van der Waals surface area contributed by atoms with Gasteiger partial charge in [0, 0.05) is 35.3 Å². The third-order valence-corrected chi connectivity index (χ3v) is 7.48. The van der Waals surface area contributed by atoms with Crippen LogP contribution in [0.5, 0.6) is 0 Å². The highest BCUT2D eigenvalue weighted by Gasteiger charge is 2.26. The molecule has 0 aliphatic rings. The first kappa shape index (κ1) is 31.4. The van der Waals surface area contributed by atoms with Crippen LogP contribution in [-0.2, 0) is 0 Å². The lowest BCUT2D eigenvalue weighted by Gasteiger charge is -2.34. The van der Waals surface area contributed by atoms with Crippen LogP contribution in [0.15, 0.2) is 48.5 Å². The number of amides is 2. The number of carbonyl (C=O) groups is 2. The monoisotopic (exact) mass is 494 g/mol. The van der Waals surface area contributed by atoms with Gasteiger partial charge in [0.1, 0.15) is 0 Å². The molecule has 0 aromatic heterocycles. The molecule has 36 heavy (non-hydrogen) atoms. The number of hydrogen-bond acceptors (Lipinski definition) is 2. The summed E-state index contributed by atoms with van der Waals surface area (Å²) in [7, 11) is 0. The van der Waals surface area contributed by atoms with E-state index >= 15 is 0 Å². The van der Waals surface area contributed by atoms with Gasteiger partial charge in [0.2, 0.25) is 0 Å². The summed E-state index contributed by atoms with van der Waals surface area (Å²) in [6.07, 6.45) is 3.95. The fraction of sp³-hybridized carbons (Fsp3) is 0.562. The maximum Gasteiger partial charge on any atom is 0.254 e. The van der Waals surface area contributed by atoms with Gasteiger partial charge in [-0.1, -0.05) is 64.1 Å². The third kappa shape index (κ3) is 8.21. The number of nitrogens with zero attached hydrogens (tertiary/aromatic N) is 2. The number of benzene rings is 2. The lowest BCUT2D eigenvalue weighted by molar-refractivity contribution is 0.0589. The molecule has 0 saturated carbocycles. The Morgan fingerprint density at radius 1 is 0.556 bits per heavy atom. The summed E-state index contributed by atoms with van der Waals surface area (Å²) in [5.74, 6) is 0.327. The molecular weight excluding hydrogens is 444 g/mol. The lowest BCUT2D eigenvalue weighted by atomic mass is 10.0. The molecule has 0 bridgehead atoms. The van der Waals surface area contributed by atoms with Crippen LogP contribution in [0.3, 0.4) is 0 Å². The number of aryl methyl sites for hydroxylation is 2. The minimum absolute atomic E-state index is 0.164. The van der Waals surface area contributed by atoms with Crippen LogP contribution in [-0.4, -0.2) is 45.8 Å². The van der Waals surface area contributed by atoms with Gasteiger partial charge in [-0.2, -0.15) is 0 Å². The Morgan fingerprint density at radius 3 is 1.03 bits per heavy atom. The average molecular weight is 495 g/mol. The molecule has 0 N–H and O–H groups in total. The van der Waals surface area contributed by atoms with E-state index in [1.165, 1.54) is 0 Å². The van der Waals surface area contributed by atoms with Gasteiger partial charge >= 0.3 is 0 Å². The third-order valence-electron chi connectivity index (χ3n) is 7.48. The summed E-state index contributed by atoms with van der Waals surface area (Å²) >= 11 is 0. The first-order valence-corrected chi connectivity index (χ1v) is 13.8. The molecule has 2 amide bonds. The van der Waals surface area contributed by atoms with Gasteiger partial charge in [0.25, 0.3) is 11.8 Å². The van der Waals surface area contributed by atoms with Crippen LogP contribution in [0.4, 0.5) is 0 Å². The van der Waals surface area contributed by atoms with Gasteiger partial charge in [0.15, 0.2) is 0 Å². The van der Waals surface area contributed by atoms with E-state index in [1.807, 2.05) is 72.2 Å². The Kier molecular flexibility index (Phi) is 13.5. The van der Waals surface area contributed by atoms with E-state index in [4.69, 9.17) is 0 Å². The van der Waals surface area contributed by atoms with Gasteiger partial charge in [0.05, 0.1) is 0 Å². The molecule has 0 fully saturated rings. The van der Waals surface area contributed by atoms with Gasteiger partial charge in [-0.3, -0.25) is 9.59 Å². The van der Waals surface area contributed by atoms with Crippen LogP contribution in [0, 0.1) is 13.8 Å². The van der Waals surface area contributed by atoms with Crippen molar-refractivity contribution in [2.24, 2.45) is 0 Å². The number of carbonyl (C=O) groups excluding carboxylic acids is 2. The molecule has 2 aromatic rings. The van der Waals surface area contributed by atoms with E-state index in [0.29, 0.717) is 0 Å². The molecule has 0 radical (unpaired) electrons. The molecule has 4 unspecified atom stereocenters. The first-order valence-electron chi connectivity index (χ1n) is 13.8. The fourth-order valence-corrected chi connectivity index (χ4v) is 4.36. The molecule has 0 aliphatic carbocycles. The summed E-state index contributed by atoms with van der Waals surface area (Å²) in [6, 6.07) is 16.8.